The highest BCUT2D eigenvalue weighted by molar-refractivity contribution is 5.94. The molecule has 0 bridgehead atoms. The zero-order valence-electron chi connectivity index (χ0n) is 16.7. The predicted octanol–water partition coefficient (Wildman–Crippen LogP) is 3.10. The summed E-state index contributed by atoms with van der Waals surface area (Å²) in [5, 5.41) is 11.4. The van der Waals surface area contributed by atoms with Gasteiger partial charge in [0.25, 0.3) is 5.91 Å². The maximum atomic E-state index is 13.0. The third-order valence-electron chi connectivity index (χ3n) is 6.21. The van der Waals surface area contributed by atoms with Gasteiger partial charge in [0.15, 0.2) is 5.69 Å². The Morgan fingerprint density at radius 3 is 2.78 bits per heavy atom. The molecule has 27 heavy (non-hydrogen) atoms. The fourth-order valence-electron chi connectivity index (χ4n) is 4.45. The number of carbonyl (C=O) groups is 1. The molecular formula is C22H30N4O. The van der Waals surface area contributed by atoms with Crippen LogP contribution in [-0.4, -0.2) is 35.3 Å². The summed E-state index contributed by atoms with van der Waals surface area (Å²) in [4.78, 5) is 13.0. The number of aromatic nitrogens is 2. The van der Waals surface area contributed by atoms with E-state index >= 15 is 0 Å². The quantitative estimate of drug-likeness (QED) is 0.874. The van der Waals surface area contributed by atoms with Gasteiger partial charge in [-0.3, -0.25) is 4.79 Å². The van der Waals surface area contributed by atoms with E-state index in [0.29, 0.717) is 5.69 Å². The van der Waals surface area contributed by atoms with Crippen molar-refractivity contribution in [3.05, 3.63) is 46.3 Å². The Morgan fingerprint density at radius 1 is 1.26 bits per heavy atom. The third kappa shape index (κ3) is 3.53. The molecule has 2 heterocycles. The summed E-state index contributed by atoms with van der Waals surface area (Å²) in [5.41, 5.74) is 6.68. The SMILES string of the molecule is Cc1ccc(-n2nc(C(=O)NCC3(C)CCNCC3)c3c2CCC3)c(C)c1. The second-order valence-electron chi connectivity index (χ2n) is 8.57. The number of piperidine rings is 1. The first-order chi connectivity index (χ1) is 13.0. The fraction of sp³-hybridized carbons (Fsp3) is 0.545. The molecule has 5 nitrogen and oxygen atoms in total. The average Bonchev–Trinajstić information content (AvgIpc) is 3.24. The molecule has 5 heteroatoms. The lowest BCUT2D eigenvalue weighted by Crippen LogP contribution is -2.43. The molecule has 1 aromatic heterocycles. The highest BCUT2D eigenvalue weighted by Gasteiger charge is 2.30. The van der Waals surface area contributed by atoms with Gasteiger partial charge in [-0.2, -0.15) is 5.10 Å². The van der Waals surface area contributed by atoms with Crippen molar-refractivity contribution in [2.75, 3.05) is 19.6 Å². The Hall–Kier alpha value is -2.14. The lowest BCUT2D eigenvalue weighted by Gasteiger charge is -2.34. The molecule has 1 aliphatic carbocycles. The number of nitrogens with one attached hydrogen (secondary N) is 2. The van der Waals surface area contributed by atoms with Crippen LogP contribution in [0.5, 0.6) is 0 Å². The lowest BCUT2D eigenvalue weighted by molar-refractivity contribution is 0.0916. The van der Waals surface area contributed by atoms with Gasteiger partial charge in [-0.25, -0.2) is 4.68 Å². The number of amides is 1. The molecule has 1 saturated heterocycles. The van der Waals surface area contributed by atoms with Crippen molar-refractivity contribution in [3.8, 4) is 5.69 Å². The highest BCUT2D eigenvalue weighted by atomic mass is 16.2. The van der Waals surface area contributed by atoms with Crippen LogP contribution in [0.15, 0.2) is 18.2 Å². The molecule has 1 aromatic carbocycles. The predicted molar refractivity (Wildman–Crippen MR) is 108 cm³/mol. The number of hydrogen-bond donors (Lipinski definition) is 2. The summed E-state index contributed by atoms with van der Waals surface area (Å²) in [6.07, 6.45) is 5.24. The molecule has 0 unspecified atom stereocenters. The van der Waals surface area contributed by atoms with E-state index < -0.39 is 0 Å². The van der Waals surface area contributed by atoms with Crippen LogP contribution in [0.2, 0.25) is 0 Å². The van der Waals surface area contributed by atoms with Gasteiger partial charge in [-0.1, -0.05) is 24.6 Å². The van der Waals surface area contributed by atoms with Gasteiger partial charge in [-0.15, -0.1) is 0 Å². The Balaban J connectivity index is 1.59. The summed E-state index contributed by atoms with van der Waals surface area (Å²) in [5.74, 6) is -0.0172. The maximum Gasteiger partial charge on any atom is 0.272 e. The van der Waals surface area contributed by atoms with Crippen molar-refractivity contribution >= 4 is 5.91 Å². The average molecular weight is 367 g/mol. The minimum atomic E-state index is -0.0172. The molecule has 4 rings (SSSR count). The van der Waals surface area contributed by atoms with Crippen molar-refractivity contribution in [2.45, 2.75) is 52.9 Å². The fourth-order valence-corrected chi connectivity index (χ4v) is 4.45. The first-order valence-electron chi connectivity index (χ1n) is 10.1. The second-order valence-corrected chi connectivity index (χ2v) is 8.57. The van der Waals surface area contributed by atoms with E-state index in [1.807, 2.05) is 4.68 Å². The van der Waals surface area contributed by atoms with E-state index in [0.717, 1.165) is 63.0 Å². The topological polar surface area (TPSA) is 59.0 Å². The molecule has 0 atom stereocenters. The molecule has 2 aliphatic rings. The molecule has 0 spiro atoms. The maximum absolute atomic E-state index is 13.0. The Morgan fingerprint density at radius 2 is 2.04 bits per heavy atom. The normalized spacial score (nSPS) is 18.3. The van der Waals surface area contributed by atoms with E-state index in [2.05, 4.69) is 49.6 Å². The van der Waals surface area contributed by atoms with E-state index in [1.54, 1.807) is 0 Å². The summed E-state index contributed by atoms with van der Waals surface area (Å²) in [7, 11) is 0. The summed E-state index contributed by atoms with van der Waals surface area (Å²) in [6.45, 7) is 9.27. The van der Waals surface area contributed by atoms with E-state index in [1.165, 1.54) is 16.8 Å². The molecule has 2 aromatic rings. The number of carbonyl (C=O) groups excluding carboxylic acids is 1. The summed E-state index contributed by atoms with van der Waals surface area (Å²) < 4.78 is 2.01. The van der Waals surface area contributed by atoms with Crippen molar-refractivity contribution in [2.24, 2.45) is 5.41 Å². The van der Waals surface area contributed by atoms with Crippen LogP contribution in [0.25, 0.3) is 5.69 Å². The molecule has 1 amide bonds. The van der Waals surface area contributed by atoms with Crippen molar-refractivity contribution < 1.29 is 4.79 Å². The molecule has 0 radical (unpaired) electrons. The molecule has 0 saturated carbocycles. The molecule has 1 aliphatic heterocycles. The number of fused-ring (bicyclic) bond motifs is 1. The number of benzene rings is 1. The van der Waals surface area contributed by atoms with E-state index in [4.69, 9.17) is 5.10 Å². The van der Waals surface area contributed by atoms with Crippen LogP contribution in [0.3, 0.4) is 0 Å². The molecule has 1 fully saturated rings. The Kier molecular flexibility index (Phi) is 4.81. The second kappa shape index (κ2) is 7.12. The standard InChI is InChI=1S/C22H30N4O/c1-15-7-8-18(16(2)13-15)26-19-6-4-5-17(19)20(25-26)21(27)24-14-22(3)9-11-23-12-10-22/h7-8,13,23H,4-6,9-12,14H2,1-3H3,(H,24,27). The van der Waals surface area contributed by atoms with Gasteiger partial charge in [-0.05, 0) is 76.1 Å². The number of hydrogen-bond acceptors (Lipinski definition) is 3. The largest absolute Gasteiger partial charge is 0.350 e. The first kappa shape index (κ1) is 18.2. The van der Waals surface area contributed by atoms with Crippen LogP contribution in [0, 0.1) is 19.3 Å². The van der Waals surface area contributed by atoms with Gasteiger partial charge in [0.2, 0.25) is 0 Å². The van der Waals surface area contributed by atoms with Crippen molar-refractivity contribution in [3.63, 3.8) is 0 Å². The van der Waals surface area contributed by atoms with Gasteiger partial charge < -0.3 is 10.6 Å². The van der Waals surface area contributed by atoms with E-state index in [-0.39, 0.29) is 11.3 Å². The minimum absolute atomic E-state index is 0.0172. The van der Waals surface area contributed by atoms with Gasteiger partial charge in [0.05, 0.1) is 5.69 Å². The zero-order chi connectivity index (χ0) is 19.0. The molecule has 144 valence electrons. The highest BCUT2D eigenvalue weighted by Crippen LogP contribution is 2.30. The number of aryl methyl sites for hydroxylation is 2. The molecule has 2 N–H and O–H groups in total. The Labute approximate surface area is 161 Å². The number of rotatable bonds is 4. The Bertz CT molecular complexity index is 861. The zero-order valence-corrected chi connectivity index (χ0v) is 16.7. The monoisotopic (exact) mass is 366 g/mol. The summed E-state index contributed by atoms with van der Waals surface area (Å²) >= 11 is 0. The van der Waals surface area contributed by atoms with Crippen LogP contribution in [-0.2, 0) is 12.8 Å². The van der Waals surface area contributed by atoms with Crippen LogP contribution >= 0.6 is 0 Å². The van der Waals surface area contributed by atoms with Gasteiger partial charge >= 0.3 is 0 Å². The smallest absolute Gasteiger partial charge is 0.272 e. The summed E-state index contributed by atoms with van der Waals surface area (Å²) in [6, 6.07) is 6.41. The van der Waals surface area contributed by atoms with Crippen molar-refractivity contribution in [1.29, 1.82) is 0 Å². The third-order valence-corrected chi connectivity index (χ3v) is 6.21. The van der Waals surface area contributed by atoms with Gasteiger partial charge in [0, 0.05) is 17.8 Å². The van der Waals surface area contributed by atoms with Gasteiger partial charge in [0.1, 0.15) is 0 Å². The number of nitrogens with zero attached hydrogens (tertiary/aromatic N) is 2. The van der Waals surface area contributed by atoms with E-state index in [9.17, 15) is 4.79 Å². The van der Waals surface area contributed by atoms with Crippen LogP contribution < -0.4 is 10.6 Å². The minimum Gasteiger partial charge on any atom is -0.350 e. The lowest BCUT2D eigenvalue weighted by atomic mass is 9.81. The van der Waals surface area contributed by atoms with Crippen molar-refractivity contribution in [1.82, 2.24) is 20.4 Å². The molecular weight excluding hydrogens is 336 g/mol. The first-order valence-corrected chi connectivity index (χ1v) is 10.1. The van der Waals surface area contributed by atoms with Crippen LogP contribution in [0.1, 0.15) is 59.1 Å². The van der Waals surface area contributed by atoms with Crippen LogP contribution in [0.4, 0.5) is 0 Å².